The van der Waals surface area contributed by atoms with E-state index in [1.54, 1.807) is 0 Å². The number of oxazole rings is 1. The highest BCUT2D eigenvalue weighted by molar-refractivity contribution is 5.95. The molecule has 2 heterocycles. The topological polar surface area (TPSA) is 64.7 Å². The Bertz CT molecular complexity index is 1910. The molecule has 6 aromatic rings. The van der Waals surface area contributed by atoms with Crippen molar-refractivity contribution in [1.29, 1.82) is 0 Å². The maximum atomic E-state index is 5.77. The van der Waals surface area contributed by atoms with Crippen molar-refractivity contribution in [2.75, 3.05) is 0 Å². The van der Waals surface area contributed by atoms with Crippen molar-refractivity contribution >= 4 is 11.1 Å². The predicted octanol–water partition coefficient (Wildman–Crippen LogP) is 9.15. The van der Waals surface area contributed by atoms with Gasteiger partial charge in [-0.05, 0) is 85.1 Å². The van der Waals surface area contributed by atoms with Crippen LogP contribution in [-0.4, -0.2) is 19.9 Å². The van der Waals surface area contributed by atoms with Gasteiger partial charge in [-0.1, -0.05) is 84.9 Å². The van der Waals surface area contributed by atoms with Gasteiger partial charge in [-0.15, -0.1) is 0 Å². The molecular weight excluding hydrogens is 528 g/mol. The van der Waals surface area contributed by atoms with Crippen LogP contribution < -0.4 is 0 Å². The molecule has 4 aliphatic rings. The highest BCUT2D eigenvalue weighted by atomic mass is 16.3. The summed E-state index contributed by atoms with van der Waals surface area (Å²) in [7, 11) is 0. The molecule has 4 aromatic carbocycles. The average Bonchev–Trinajstić information content (AvgIpc) is 3.53. The van der Waals surface area contributed by atoms with Gasteiger partial charge in [0.25, 0.3) is 0 Å². The third-order valence-electron chi connectivity index (χ3n) is 10.2. The summed E-state index contributed by atoms with van der Waals surface area (Å²) in [5.41, 5.74) is 8.19. The van der Waals surface area contributed by atoms with Crippen molar-refractivity contribution in [3.8, 4) is 45.0 Å². The molecule has 2 aromatic heterocycles. The first-order valence-electron chi connectivity index (χ1n) is 15.5. The third-order valence-corrected chi connectivity index (χ3v) is 10.2. The minimum atomic E-state index is 0.0935. The predicted molar refractivity (Wildman–Crippen MR) is 169 cm³/mol. The number of hydrogen-bond acceptors (Lipinski definition) is 5. The maximum absolute atomic E-state index is 5.77. The van der Waals surface area contributed by atoms with Gasteiger partial charge in [0.2, 0.25) is 0 Å². The van der Waals surface area contributed by atoms with Crippen molar-refractivity contribution in [3.63, 3.8) is 0 Å². The van der Waals surface area contributed by atoms with Gasteiger partial charge in [-0.25, -0.2) is 19.9 Å². The van der Waals surface area contributed by atoms with Gasteiger partial charge in [0.1, 0.15) is 11.3 Å². The average molecular weight is 561 g/mol. The molecule has 210 valence electrons. The van der Waals surface area contributed by atoms with E-state index in [9.17, 15) is 0 Å². The number of benzene rings is 4. The first-order valence-corrected chi connectivity index (χ1v) is 15.5. The maximum Gasteiger partial charge on any atom is 0.182 e. The number of aromatic nitrogens is 4. The Balaban J connectivity index is 1.13. The fraction of sp³-hybridized carbons (Fsp3) is 0.263. The van der Waals surface area contributed by atoms with Crippen molar-refractivity contribution in [1.82, 2.24) is 19.9 Å². The third kappa shape index (κ3) is 4.29. The monoisotopic (exact) mass is 560 g/mol. The molecule has 0 aliphatic heterocycles. The molecule has 0 radical (unpaired) electrons. The number of fused-ring (bicyclic) bond motifs is 1. The first-order chi connectivity index (χ1) is 21.2. The Morgan fingerprint density at radius 3 is 1.74 bits per heavy atom. The van der Waals surface area contributed by atoms with Gasteiger partial charge >= 0.3 is 0 Å². The van der Waals surface area contributed by atoms with Gasteiger partial charge < -0.3 is 4.42 Å². The van der Waals surface area contributed by atoms with Crippen LogP contribution in [0.25, 0.3) is 56.1 Å². The Morgan fingerprint density at radius 1 is 0.558 bits per heavy atom. The van der Waals surface area contributed by atoms with E-state index in [0.717, 1.165) is 79.7 Å². The highest BCUT2D eigenvalue weighted by Gasteiger charge is 2.53. The van der Waals surface area contributed by atoms with Crippen LogP contribution in [0.5, 0.6) is 0 Å². The lowest BCUT2D eigenvalue weighted by Crippen LogP contribution is -2.49. The van der Waals surface area contributed by atoms with Gasteiger partial charge in [0, 0.05) is 22.1 Å². The Labute approximate surface area is 251 Å². The Morgan fingerprint density at radius 2 is 1.12 bits per heavy atom. The molecule has 4 saturated carbocycles. The van der Waals surface area contributed by atoms with E-state index in [1.165, 1.54) is 44.9 Å². The van der Waals surface area contributed by atoms with Gasteiger partial charge in [0.15, 0.2) is 23.6 Å². The summed E-state index contributed by atoms with van der Waals surface area (Å²) in [6.07, 6.45) is 9.40. The van der Waals surface area contributed by atoms with Crippen LogP contribution in [0.4, 0.5) is 0 Å². The zero-order chi connectivity index (χ0) is 28.4. The van der Waals surface area contributed by atoms with Crippen LogP contribution in [0.15, 0.2) is 108 Å². The summed E-state index contributed by atoms with van der Waals surface area (Å²) in [5, 5.41) is 0. The lowest BCUT2D eigenvalue weighted by molar-refractivity contribution is -0.00938. The van der Waals surface area contributed by atoms with Crippen LogP contribution in [0.2, 0.25) is 0 Å². The SMILES string of the molecule is c1ccc(-c2nc(-c3ccc(-c4cc(-c5ccccc5)c5ncoc5c4)cc3)nc(C34CC5CC(CC(C5)C3)C4)n2)cc1. The second kappa shape index (κ2) is 9.70. The van der Waals surface area contributed by atoms with Crippen molar-refractivity contribution in [3.05, 3.63) is 109 Å². The first kappa shape index (κ1) is 24.9. The zero-order valence-corrected chi connectivity index (χ0v) is 24.0. The van der Waals surface area contributed by atoms with E-state index in [0.29, 0.717) is 0 Å². The number of rotatable bonds is 5. The molecule has 5 heteroatoms. The van der Waals surface area contributed by atoms with Gasteiger partial charge in [-0.3, -0.25) is 0 Å². The molecule has 0 saturated heterocycles. The molecule has 0 atom stereocenters. The lowest BCUT2D eigenvalue weighted by Gasteiger charge is -2.56. The second-order valence-electron chi connectivity index (χ2n) is 13.0. The molecule has 0 N–H and O–H groups in total. The van der Waals surface area contributed by atoms with E-state index in [4.69, 9.17) is 19.4 Å². The van der Waals surface area contributed by atoms with Crippen LogP contribution in [0.3, 0.4) is 0 Å². The van der Waals surface area contributed by atoms with Crippen molar-refractivity contribution < 1.29 is 4.42 Å². The summed E-state index contributed by atoms with van der Waals surface area (Å²) < 4.78 is 5.77. The van der Waals surface area contributed by atoms with Crippen LogP contribution in [0.1, 0.15) is 44.3 Å². The number of hydrogen-bond donors (Lipinski definition) is 0. The van der Waals surface area contributed by atoms with E-state index >= 15 is 0 Å². The molecule has 5 nitrogen and oxygen atoms in total. The van der Waals surface area contributed by atoms with Gasteiger partial charge in [0.05, 0.1) is 0 Å². The van der Waals surface area contributed by atoms with Gasteiger partial charge in [-0.2, -0.15) is 0 Å². The highest BCUT2D eigenvalue weighted by Crippen LogP contribution is 2.60. The minimum Gasteiger partial charge on any atom is -0.443 e. The second-order valence-corrected chi connectivity index (χ2v) is 13.0. The molecule has 0 amide bonds. The Kier molecular flexibility index (Phi) is 5.62. The summed E-state index contributed by atoms with van der Waals surface area (Å²) in [5.74, 6) is 5.04. The smallest absolute Gasteiger partial charge is 0.182 e. The molecule has 10 rings (SSSR count). The van der Waals surface area contributed by atoms with E-state index in [1.807, 2.05) is 12.1 Å². The Hall–Kier alpha value is -4.64. The van der Waals surface area contributed by atoms with E-state index in [-0.39, 0.29) is 5.41 Å². The van der Waals surface area contributed by atoms with Crippen LogP contribution >= 0.6 is 0 Å². The van der Waals surface area contributed by atoms with E-state index < -0.39 is 0 Å². The molecular formula is C38H32N4O. The molecule has 4 aliphatic carbocycles. The van der Waals surface area contributed by atoms with Crippen LogP contribution in [-0.2, 0) is 5.41 Å². The summed E-state index contributed by atoms with van der Waals surface area (Å²) >= 11 is 0. The number of nitrogens with zero attached hydrogens (tertiary/aromatic N) is 4. The normalized spacial score (nSPS) is 24.0. The fourth-order valence-electron chi connectivity index (χ4n) is 8.63. The molecule has 0 spiro atoms. The van der Waals surface area contributed by atoms with E-state index in [2.05, 4.69) is 89.9 Å². The zero-order valence-electron chi connectivity index (χ0n) is 24.0. The summed E-state index contributed by atoms with van der Waals surface area (Å²) in [6, 6.07) is 33.7. The molecule has 4 fully saturated rings. The molecule has 4 bridgehead atoms. The summed E-state index contributed by atoms with van der Waals surface area (Å²) in [6.45, 7) is 0. The lowest BCUT2D eigenvalue weighted by atomic mass is 9.49. The van der Waals surface area contributed by atoms with Crippen LogP contribution in [0, 0.1) is 17.8 Å². The standard InChI is InChI=1S/C38H32N4O/c1-3-7-28(8-4-1)32-18-31(19-33-34(32)39-23-43-33)27-11-13-30(14-12-27)36-40-35(29-9-5-2-6-10-29)41-37(42-36)38-20-24-15-25(21-38)17-26(16-24)22-38/h1-14,18-19,23-26H,15-17,20-22H2. The van der Waals surface area contributed by atoms with Crippen molar-refractivity contribution in [2.24, 2.45) is 17.8 Å². The molecule has 0 unspecified atom stereocenters. The molecule has 43 heavy (non-hydrogen) atoms. The largest absolute Gasteiger partial charge is 0.443 e. The minimum absolute atomic E-state index is 0.0935. The fourth-order valence-corrected chi connectivity index (χ4v) is 8.63. The quantitative estimate of drug-likeness (QED) is 0.210. The van der Waals surface area contributed by atoms with Crippen molar-refractivity contribution in [2.45, 2.75) is 43.9 Å². The summed E-state index contributed by atoms with van der Waals surface area (Å²) in [4.78, 5) is 20.0.